The van der Waals surface area contributed by atoms with E-state index in [0.717, 1.165) is 24.4 Å². The molecule has 1 atom stereocenters. The van der Waals surface area contributed by atoms with E-state index in [4.69, 9.17) is 5.73 Å². The molecule has 20 heavy (non-hydrogen) atoms. The minimum Gasteiger partial charge on any atom is -0.334 e. The van der Waals surface area contributed by atoms with Crippen LogP contribution < -0.4 is 5.73 Å². The Morgan fingerprint density at radius 2 is 2.10 bits per heavy atom. The van der Waals surface area contributed by atoms with Crippen molar-refractivity contribution >= 4 is 17.2 Å². The van der Waals surface area contributed by atoms with Gasteiger partial charge in [0, 0.05) is 18.0 Å². The number of nitrogens with two attached hydrogens (primary N) is 1. The Balaban J connectivity index is 2.15. The van der Waals surface area contributed by atoms with E-state index in [1.165, 1.54) is 24.2 Å². The minimum absolute atomic E-state index is 0.0775. The number of carbonyl (C=O) groups excluding carboxylic acids is 1. The summed E-state index contributed by atoms with van der Waals surface area (Å²) in [4.78, 5) is 19.2. The quantitative estimate of drug-likeness (QED) is 0.907. The summed E-state index contributed by atoms with van der Waals surface area (Å²) in [5.41, 5.74) is 6.39. The summed E-state index contributed by atoms with van der Waals surface area (Å²) in [5.74, 6) is 0.555. The molecule has 1 aromatic rings. The third-order valence-electron chi connectivity index (χ3n) is 3.72. The monoisotopic (exact) mass is 295 g/mol. The summed E-state index contributed by atoms with van der Waals surface area (Å²) >= 11 is 1.48. The molecule has 0 aromatic carbocycles. The van der Waals surface area contributed by atoms with Crippen LogP contribution in [0.25, 0.3) is 0 Å². The van der Waals surface area contributed by atoms with Crippen LogP contribution in [-0.4, -0.2) is 28.4 Å². The number of hydrogen-bond acceptors (Lipinski definition) is 4. The summed E-state index contributed by atoms with van der Waals surface area (Å²) in [6.07, 6.45) is 4.72. The van der Waals surface area contributed by atoms with Gasteiger partial charge in [0.05, 0.1) is 6.04 Å². The van der Waals surface area contributed by atoms with Crippen molar-refractivity contribution in [3.8, 4) is 0 Å². The summed E-state index contributed by atoms with van der Waals surface area (Å²) in [6.45, 7) is 7.03. The molecule has 1 saturated carbocycles. The molecule has 1 aliphatic carbocycles. The summed E-state index contributed by atoms with van der Waals surface area (Å²) in [6, 6.07) is 0.289. The maximum Gasteiger partial charge on any atom is 0.273 e. The molecule has 112 valence electrons. The van der Waals surface area contributed by atoms with E-state index in [1.807, 2.05) is 17.2 Å². The van der Waals surface area contributed by atoms with Crippen LogP contribution in [0.2, 0.25) is 0 Å². The van der Waals surface area contributed by atoms with Crippen molar-refractivity contribution in [3.05, 3.63) is 16.1 Å². The van der Waals surface area contributed by atoms with Crippen molar-refractivity contribution in [1.82, 2.24) is 9.88 Å². The first-order chi connectivity index (χ1) is 9.49. The molecule has 0 radical (unpaired) electrons. The average Bonchev–Trinajstić information content (AvgIpc) is 3.05. The highest BCUT2D eigenvalue weighted by Gasteiger charge is 2.29. The Bertz CT molecular complexity index is 450. The zero-order valence-corrected chi connectivity index (χ0v) is 13.4. The second-order valence-electron chi connectivity index (χ2n) is 6.15. The maximum atomic E-state index is 12.7. The van der Waals surface area contributed by atoms with Gasteiger partial charge in [-0.05, 0) is 25.7 Å². The Labute approximate surface area is 125 Å². The van der Waals surface area contributed by atoms with Gasteiger partial charge in [-0.25, -0.2) is 4.98 Å². The lowest BCUT2D eigenvalue weighted by molar-refractivity contribution is 0.0650. The molecule has 1 aliphatic rings. The number of amides is 1. The molecule has 2 N–H and O–H groups in total. The highest BCUT2D eigenvalue weighted by atomic mass is 32.1. The van der Waals surface area contributed by atoms with Crippen LogP contribution in [0.3, 0.4) is 0 Å². The first-order valence-electron chi connectivity index (χ1n) is 7.51. The second-order valence-corrected chi connectivity index (χ2v) is 7.04. The zero-order valence-electron chi connectivity index (χ0n) is 12.6. The molecule has 1 unspecified atom stereocenters. The maximum absolute atomic E-state index is 12.7. The van der Waals surface area contributed by atoms with Crippen molar-refractivity contribution in [2.75, 3.05) is 6.54 Å². The number of hydrogen-bond donors (Lipinski definition) is 1. The molecule has 0 bridgehead atoms. The number of nitrogens with zero attached hydrogens (tertiary/aromatic N) is 2. The molecule has 1 amide bonds. The van der Waals surface area contributed by atoms with Crippen molar-refractivity contribution in [3.63, 3.8) is 0 Å². The van der Waals surface area contributed by atoms with E-state index in [1.54, 1.807) is 0 Å². The van der Waals surface area contributed by atoms with Gasteiger partial charge in [-0.15, -0.1) is 11.3 Å². The molecule has 0 spiro atoms. The Kier molecular flexibility index (Phi) is 5.16. The Morgan fingerprint density at radius 1 is 1.45 bits per heavy atom. The highest BCUT2D eigenvalue weighted by Crippen LogP contribution is 2.26. The number of thiazole rings is 1. The summed E-state index contributed by atoms with van der Waals surface area (Å²) in [7, 11) is 0. The average molecular weight is 295 g/mol. The molecule has 1 aromatic heterocycles. The predicted molar refractivity (Wildman–Crippen MR) is 82.8 cm³/mol. The molecular weight excluding hydrogens is 270 g/mol. The van der Waals surface area contributed by atoms with E-state index in [9.17, 15) is 4.79 Å². The van der Waals surface area contributed by atoms with Gasteiger partial charge in [-0.1, -0.05) is 26.7 Å². The molecule has 0 aliphatic heterocycles. The van der Waals surface area contributed by atoms with Gasteiger partial charge in [0.15, 0.2) is 0 Å². The van der Waals surface area contributed by atoms with Gasteiger partial charge in [-0.2, -0.15) is 0 Å². The normalized spacial score (nSPS) is 17.6. The Morgan fingerprint density at radius 3 is 2.60 bits per heavy atom. The van der Waals surface area contributed by atoms with Crippen LogP contribution in [0, 0.1) is 5.92 Å². The van der Waals surface area contributed by atoms with Crippen LogP contribution in [-0.2, 0) is 0 Å². The fraction of sp³-hybridized carbons (Fsp3) is 0.733. The van der Waals surface area contributed by atoms with Crippen molar-refractivity contribution in [2.45, 2.75) is 58.5 Å². The van der Waals surface area contributed by atoms with Crippen LogP contribution >= 0.6 is 11.3 Å². The van der Waals surface area contributed by atoms with Crippen molar-refractivity contribution < 1.29 is 4.79 Å². The van der Waals surface area contributed by atoms with Gasteiger partial charge in [0.25, 0.3) is 5.91 Å². The molecular formula is C15H25N3OS. The van der Waals surface area contributed by atoms with E-state index in [-0.39, 0.29) is 11.9 Å². The van der Waals surface area contributed by atoms with Crippen molar-refractivity contribution in [2.24, 2.45) is 11.7 Å². The molecule has 0 saturated heterocycles. The van der Waals surface area contributed by atoms with Crippen molar-refractivity contribution in [1.29, 1.82) is 0 Å². The highest BCUT2D eigenvalue weighted by molar-refractivity contribution is 7.09. The van der Waals surface area contributed by atoms with Gasteiger partial charge >= 0.3 is 0 Å². The molecule has 1 fully saturated rings. The first kappa shape index (κ1) is 15.4. The zero-order chi connectivity index (χ0) is 14.7. The third-order valence-corrected chi connectivity index (χ3v) is 4.76. The van der Waals surface area contributed by atoms with Crippen LogP contribution in [0.15, 0.2) is 5.38 Å². The smallest absolute Gasteiger partial charge is 0.273 e. The van der Waals surface area contributed by atoms with E-state index >= 15 is 0 Å². The number of rotatable bonds is 5. The fourth-order valence-corrected chi connectivity index (χ4v) is 3.50. The van der Waals surface area contributed by atoms with Gasteiger partial charge in [0.1, 0.15) is 10.7 Å². The topological polar surface area (TPSA) is 59.2 Å². The van der Waals surface area contributed by atoms with Gasteiger partial charge in [-0.3, -0.25) is 4.79 Å². The first-order valence-corrected chi connectivity index (χ1v) is 8.39. The van der Waals surface area contributed by atoms with Crippen LogP contribution in [0.5, 0.6) is 0 Å². The lowest BCUT2D eigenvalue weighted by Gasteiger charge is -2.30. The minimum atomic E-state index is -0.105. The fourth-order valence-electron chi connectivity index (χ4n) is 2.75. The standard InChI is InChI=1S/C15H25N3OS/c1-10(2)8-18(12-6-4-5-7-12)15(19)13-9-20-14(17-13)11(3)16/h9-12H,4-8,16H2,1-3H3. The van der Waals surface area contributed by atoms with Crippen LogP contribution in [0.4, 0.5) is 0 Å². The van der Waals surface area contributed by atoms with E-state index in [2.05, 4.69) is 18.8 Å². The lowest BCUT2D eigenvalue weighted by atomic mass is 10.1. The number of carbonyl (C=O) groups is 1. The SMILES string of the molecule is CC(C)CN(C(=O)c1csc(C(C)N)n1)C1CCCC1. The third kappa shape index (κ3) is 3.58. The van der Waals surface area contributed by atoms with Gasteiger partial charge < -0.3 is 10.6 Å². The van der Waals surface area contributed by atoms with E-state index in [0.29, 0.717) is 17.7 Å². The largest absolute Gasteiger partial charge is 0.334 e. The summed E-state index contributed by atoms with van der Waals surface area (Å²) < 4.78 is 0. The van der Waals surface area contributed by atoms with Crippen LogP contribution in [0.1, 0.15) is 68.0 Å². The van der Waals surface area contributed by atoms with Gasteiger partial charge in [0.2, 0.25) is 0 Å². The molecule has 1 heterocycles. The number of aromatic nitrogens is 1. The van der Waals surface area contributed by atoms with E-state index < -0.39 is 0 Å². The lowest BCUT2D eigenvalue weighted by Crippen LogP contribution is -2.41. The summed E-state index contributed by atoms with van der Waals surface area (Å²) in [5, 5.41) is 2.69. The predicted octanol–water partition coefficient (Wildman–Crippen LogP) is 3.20. The molecule has 5 heteroatoms. The molecule has 2 rings (SSSR count). The Hall–Kier alpha value is -0.940. The second kappa shape index (κ2) is 6.68. The molecule has 4 nitrogen and oxygen atoms in total.